The largest absolute Gasteiger partial charge is 0.493 e. The van der Waals surface area contributed by atoms with Gasteiger partial charge in [-0.25, -0.2) is 9.50 Å². The molecular formula is C25H27N5O3S. The van der Waals surface area contributed by atoms with Crippen LogP contribution in [0.5, 0.6) is 11.5 Å². The van der Waals surface area contributed by atoms with Gasteiger partial charge in [-0.3, -0.25) is 4.79 Å². The van der Waals surface area contributed by atoms with Crippen molar-refractivity contribution in [2.24, 2.45) is 5.92 Å². The van der Waals surface area contributed by atoms with Crippen molar-refractivity contribution < 1.29 is 14.3 Å². The summed E-state index contributed by atoms with van der Waals surface area (Å²) in [6.45, 7) is 2.02. The molecule has 5 rings (SSSR count). The highest BCUT2D eigenvalue weighted by Crippen LogP contribution is 2.30. The molecule has 0 atom stereocenters. The molecule has 1 amide bonds. The molecule has 0 bridgehead atoms. The van der Waals surface area contributed by atoms with Crippen LogP contribution in [0, 0.1) is 5.92 Å². The van der Waals surface area contributed by atoms with E-state index in [-0.39, 0.29) is 11.8 Å². The number of fused-ring (bicyclic) bond motifs is 1. The van der Waals surface area contributed by atoms with E-state index >= 15 is 0 Å². The van der Waals surface area contributed by atoms with Crippen LogP contribution >= 0.6 is 11.3 Å². The number of thiophene rings is 1. The van der Waals surface area contributed by atoms with Gasteiger partial charge in [-0.05, 0) is 48.1 Å². The van der Waals surface area contributed by atoms with Crippen molar-refractivity contribution in [2.75, 3.05) is 32.2 Å². The molecule has 1 saturated heterocycles. The molecule has 0 radical (unpaired) electrons. The number of rotatable bonds is 7. The first-order valence-electron chi connectivity index (χ1n) is 11.3. The number of hydrogen-bond donors (Lipinski definition) is 1. The van der Waals surface area contributed by atoms with Crippen molar-refractivity contribution in [2.45, 2.75) is 19.4 Å². The first kappa shape index (κ1) is 22.2. The van der Waals surface area contributed by atoms with E-state index < -0.39 is 0 Å². The summed E-state index contributed by atoms with van der Waals surface area (Å²) in [6, 6.07) is 11.9. The third-order valence-electron chi connectivity index (χ3n) is 6.22. The van der Waals surface area contributed by atoms with Gasteiger partial charge in [0.1, 0.15) is 11.2 Å². The van der Waals surface area contributed by atoms with E-state index in [1.165, 1.54) is 0 Å². The second-order valence-electron chi connectivity index (χ2n) is 8.26. The van der Waals surface area contributed by atoms with Gasteiger partial charge in [-0.15, -0.1) is 11.3 Å². The lowest BCUT2D eigenvalue weighted by Gasteiger charge is -2.32. The smallest absolute Gasteiger partial charge is 0.223 e. The first-order valence-corrected chi connectivity index (χ1v) is 12.2. The summed E-state index contributed by atoms with van der Waals surface area (Å²) < 4.78 is 12.5. The molecule has 3 aromatic heterocycles. The van der Waals surface area contributed by atoms with Crippen molar-refractivity contribution in [3.63, 3.8) is 0 Å². The van der Waals surface area contributed by atoms with Crippen LogP contribution in [0.3, 0.4) is 0 Å². The summed E-state index contributed by atoms with van der Waals surface area (Å²) in [4.78, 5) is 20.9. The van der Waals surface area contributed by atoms with Crippen molar-refractivity contribution in [1.82, 2.24) is 19.9 Å². The molecule has 4 aromatic rings. The highest BCUT2D eigenvalue weighted by Gasteiger charge is 2.27. The molecule has 34 heavy (non-hydrogen) atoms. The minimum Gasteiger partial charge on any atom is -0.493 e. The SMILES string of the molecule is COc1ccc(CNC(=O)C2CCN(c3nccn4nc(-c5cccs5)cc34)CC2)cc1OC. The topological polar surface area (TPSA) is 81.0 Å². The number of hydrogen-bond acceptors (Lipinski definition) is 7. The number of benzene rings is 1. The zero-order valence-electron chi connectivity index (χ0n) is 19.2. The highest BCUT2D eigenvalue weighted by molar-refractivity contribution is 7.13. The molecule has 1 aliphatic heterocycles. The normalized spacial score (nSPS) is 14.4. The van der Waals surface area contributed by atoms with Crippen LogP contribution < -0.4 is 19.7 Å². The van der Waals surface area contributed by atoms with Gasteiger partial charge in [-0.1, -0.05) is 12.1 Å². The van der Waals surface area contributed by atoms with Crippen LogP contribution in [-0.2, 0) is 11.3 Å². The molecule has 0 unspecified atom stereocenters. The van der Waals surface area contributed by atoms with Gasteiger partial charge in [0.05, 0.1) is 19.1 Å². The Kier molecular flexibility index (Phi) is 6.35. The van der Waals surface area contributed by atoms with Crippen LogP contribution in [0.4, 0.5) is 5.82 Å². The third-order valence-corrected chi connectivity index (χ3v) is 7.12. The molecule has 0 aliphatic carbocycles. The second kappa shape index (κ2) is 9.72. The third kappa shape index (κ3) is 4.43. The molecule has 8 nitrogen and oxygen atoms in total. The van der Waals surface area contributed by atoms with E-state index in [0.717, 1.165) is 53.4 Å². The Labute approximate surface area is 202 Å². The van der Waals surface area contributed by atoms with Crippen molar-refractivity contribution in [1.29, 1.82) is 0 Å². The summed E-state index contributed by atoms with van der Waals surface area (Å²) >= 11 is 1.68. The zero-order chi connectivity index (χ0) is 23.5. The average molecular weight is 478 g/mol. The predicted molar refractivity (Wildman–Crippen MR) is 133 cm³/mol. The minimum absolute atomic E-state index is 0.0114. The van der Waals surface area contributed by atoms with Gasteiger partial charge in [0.2, 0.25) is 5.91 Å². The van der Waals surface area contributed by atoms with Crippen molar-refractivity contribution in [3.8, 4) is 22.1 Å². The van der Waals surface area contributed by atoms with Crippen LogP contribution in [0.2, 0.25) is 0 Å². The Bertz CT molecular complexity index is 1280. The maximum atomic E-state index is 12.8. The molecule has 1 aliphatic rings. The number of nitrogens with zero attached hydrogens (tertiary/aromatic N) is 4. The van der Waals surface area contributed by atoms with Crippen molar-refractivity contribution >= 4 is 28.6 Å². The molecule has 0 spiro atoms. The van der Waals surface area contributed by atoms with Crippen LogP contribution in [0.15, 0.2) is 54.2 Å². The fourth-order valence-corrected chi connectivity index (χ4v) is 5.06. The van der Waals surface area contributed by atoms with E-state index in [4.69, 9.17) is 14.6 Å². The summed E-state index contributed by atoms with van der Waals surface area (Å²) in [6.07, 6.45) is 5.23. The van der Waals surface area contributed by atoms with E-state index in [1.807, 2.05) is 35.0 Å². The number of carbonyl (C=O) groups is 1. The van der Waals surface area contributed by atoms with E-state index in [1.54, 1.807) is 31.8 Å². The highest BCUT2D eigenvalue weighted by atomic mass is 32.1. The number of aromatic nitrogens is 3. The Balaban J connectivity index is 1.21. The number of methoxy groups -OCH3 is 2. The quantitative estimate of drug-likeness (QED) is 0.433. The maximum absolute atomic E-state index is 12.8. The van der Waals surface area contributed by atoms with E-state index in [0.29, 0.717) is 18.0 Å². The van der Waals surface area contributed by atoms with Gasteiger partial charge < -0.3 is 19.7 Å². The number of carbonyl (C=O) groups excluding carboxylic acids is 1. The number of nitrogens with one attached hydrogen (secondary N) is 1. The lowest BCUT2D eigenvalue weighted by molar-refractivity contribution is -0.125. The summed E-state index contributed by atoms with van der Waals surface area (Å²) in [7, 11) is 3.22. The molecule has 9 heteroatoms. The lowest BCUT2D eigenvalue weighted by Crippen LogP contribution is -2.40. The van der Waals surface area contributed by atoms with Crippen molar-refractivity contribution in [3.05, 3.63) is 59.7 Å². The van der Waals surface area contributed by atoms with Crippen LogP contribution in [-0.4, -0.2) is 47.8 Å². The Morgan fingerprint density at radius 1 is 1.15 bits per heavy atom. The zero-order valence-corrected chi connectivity index (χ0v) is 20.0. The van der Waals surface area contributed by atoms with Gasteiger partial charge in [-0.2, -0.15) is 5.10 Å². The number of piperidine rings is 1. The Morgan fingerprint density at radius 2 is 1.97 bits per heavy atom. The van der Waals surface area contributed by atoms with Gasteiger partial charge >= 0.3 is 0 Å². The molecule has 1 N–H and O–H groups in total. The molecule has 0 saturated carbocycles. The van der Waals surface area contributed by atoms with Crippen LogP contribution in [0.25, 0.3) is 16.1 Å². The Hall–Kier alpha value is -3.59. The average Bonchev–Trinajstić information content (AvgIpc) is 3.57. The molecule has 4 heterocycles. The number of ether oxygens (including phenoxy) is 2. The summed E-state index contributed by atoms with van der Waals surface area (Å²) in [5.74, 6) is 2.33. The van der Waals surface area contributed by atoms with E-state index in [9.17, 15) is 4.79 Å². The first-order chi connectivity index (χ1) is 16.7. The lowest BCUT2D eigenvalue weighted by atomic mass is 9.95. The van der Waals surface area contributed by atoms with Gasteiger partial charge in [0, 0.05) is 37.9 Å². The van der Waals surface area contributed by atoms with Gasteiger partial charge in [0.15, 0.2) is 17.3 Å². The summed E-state index contributed by atoms with van der Waals surface area (Å²) in [5, 5.41) is 9.84. The number of anilines is 1. The molecule has 176 valence electrons. The standard InChI is InChI=1S/C25H27N5O3S/c1-32-21-6-5-17(14-22(21)33-2)16-27-25(31)18-7-10-29(11-8-18)24-20-15-19(23-4-3-13-34-23)28-30(20)12-9-26-24/h3-6,9,12-15,18H,7-8,10-11,16H2,1-2H3,(H,27,31). The fraction of sp³-hybridized carbons (Fsp3) is 0.320. The maximum Gasteiger partial charge on any atom is 0.223 e. The monoisotopic (exact) mass is 477 g/mol. The molecule has 1 fully saturated rings. The predicted octanol–water partition coefficient (Wildman–Crippen LogP) is 4.01. The Morgan fingerprint density at radius 3 is 2.71 bits per heavy atom. The minimum atomic E-state index is -0.0114. The van der Waals surface area contributed by atoms with Crippen LogP contribution in [0.1, 0.15) is 18.4 Å². The molecule has 1 aromatic carbocycles. The second-order valence-corrected chi connectivity index (χ2v) is 9.20. The van der Waals surface area contributed by atoms with Gasteiger partial charge in [0.25, 0.3) is 0 Å². The summed E-state index contributed by atoms with van der Waals surface area (Å²) in [5.41, 5.74) is 2.91. The number of amides is 1. The van der Waals surface area contributed by atoms with E-state index in [2.05, 4.69) is 32.7 Å². The fourth-order valence-electron chi connectivity index (χ4n) is 4.37. The molecular weight excluding hydrogens is 450 g/mol.